The number of hydrogen-bond acceptors (Lipinski definition) is 4. The van der Waals surface area contributed by atoms with Crippen molar-refractivity contribution in [3.8, 4) is 5.69 Å². The molecule has 0 aliphatic carbocycles. The first kappa shape index (κ1) is 15.0. The third kappa shape index (κ3) is 3.08. The molecular formula is C19H21N5. The lowest BCUT2D eigenvalue weighted by atomic mass is 10.0. The van der Waals surface area contributed by atoms with E-state index in [9.17, 15) is 0 Å². The molecular weight excluding hydrogens is 298 g/mol. The summed E-state index contributed by atoms with van der Waals surface area (Å²) in [5.74, 6) is 1.04. The number of rotatable bonds is 4. The summed E-state index contributed by atoms with van der Waals surface area (Å²) < 4.78 is 2.12. The van der Waals surface area contributed by atoms with Gasteiger partial charge in [-0.15, -0.1) is 10.2 Å². The maximum Gasteiger partial charge on any atom is 0.154 e. The highest BCUT2D eigenvalue weighted by molar-refractivity contribution is 5.32. The summed E-state index contributed by atoms with van der Waals surface area (Å²) in [6, 6.07) is 14.8. The summed E-state index contributed by atoms with van der Waals surface area (Å²) in [4.78, 5) is 6.63. The molecule has 1 atom stereocenters. The molecule has 5 heteroatoms. The second kappa shape index (κ2) is 6.93. The zero-order valence-electron chi connectivity index (χ0n) is 13.6. The zero-order chi connectivity index (χ0) is 16.2. The number of piperidine rings is 1. The number of likely N-dealkylation sites (tertiary alicyclic amines) is 1. The molecule has 1 aromatic carbocycles. The monoisotopic (exact) mass is 319 g/mol. The summed E-state index contributed by atoms with van der Waals surface area (Å²) in [7, 11) is 0. The van der Waals surface area contributed by atoms with Crippen LogP contribution in [0.15, 0.2) is 61.2 Å². The van der Waals surface area contributed by atoms with Gasteiger partial charge in [0.2, 0.25) is 0 Å². The van der Waals surface area contributed by atoms with E-state index in [1.807, 2.05) is 24.8 Å². The molecule has 1 fully saturated rings. The van der Waals surface area contributed by atoms with Crippen molar-refractivity contribution < 1.29 is 0 Å². The highest BCUT2D eigenvalue weighted by Gasteiger charge is 2.28. The Morgan fingerprint density at radius 1 is 1.00 bits per heavy atom. The molecule has 5 nitrogen and oxygen atoms in total. The minimum atomic E-state index is 0.301. The molecule has 1 saturated heterocycles. The minimum absolute atomic E-state index is 0.301. The van der Waals surface area contributed by atoms with E-state index in [4.69, 9.17) is 0 Å². The molecule has 4 rings (SSSR count). The molecule has 0 saturated carbocycles. The second-order valence-electron chi connectivity index (χ2n) is 6.23. The Kier molecular flexibility index (Phi) is 4.34. The lowest BCUT2D eigenvalue weighted by Gasteiger charge is -2.35. The van der Waals surface area contributed by atoms with Crippen LogP contribution in [0.25, 0.3) is 5.69 Å². The van der Waals surface area contributed by atoms with Crippen molar-refractivity contribution in [2.45, 2.75) is 31.8 Å². The van der Waals surface area contributed by atoms with Gasteiger partial charge in [0.25, 0.3) is 0 Å². The van der Waals surface area contributed by atoms with Gasteiger partial charge in [-0.05, 0) is 49.2 Å². The van der Waals surface area contributed by atoms with Crippen LogP contribution < -0.4 is 0 Å². The summed E-state index contributed by atoms with van der Waals surface area (Å²) in [6.07, 6.45) is 9.14. The third-order valence-electron chi connectivity index (χ3n) is 4.66. The number of hydrogen-bond donors (Lipinski definition) is 0. The molecule has 1 aliphatic heterocycles. The van der Waals surface area contributed by atoms with Gasteiger partial charge in [-0.3, -0.25) is 14.5 Å². The molecule has 0 spiro atoms. The van der Waals surface area contributed by atoms with Gasteiger partial charge in [-0.25, -0.2) is 0 Å². The van der Waals surface area contributed by atoms with E-state index in [-0.39, 0.29) is 0 Å². The van der Waals surface area contributed by atoms with Crippen molar-refractivity contribution in [3.63, 3.8) is 0 Å². The Morgan fingerprint density at radius 3 is 2.67 bits per heavy atom. The first-order valence-electron chi connectivity index (χ1n) is 8.50. The lowest BCUT2D eigenvalue weighted by molar-refractivity contribution is 0.132. The second-order valence-corrected chi connectivity index (χ2v) is 6.23. The predicted octanol–water partition coefficient (Wildman–Crippen LogP) is 3.39. The standard InChI is InChI=1S/C19H21N5/c1-2-6-17(7-3-1)24-15-21-22-19(24)18-8-4-5-13-23(18)14-16-9-11-20-12-10-16/h1-3,6-7,9-12,15,18H,4-5,8,13-14H2/t18-/m1/s1. The highest BCUT2D eigenvalue weighted by atomic mass is 15.3. The number of nitrogens with zero attached hydrogens (tertiary/aromatic N) is 5. The number of benzene rings is 1. The van der Waals surface area contributed by atoms with Gasteiger partial charge in [0.15, 0.2) is 5.82 Å². The van der Waals surface area contributed by atoms with Crippen molar-refractivity contribution in [1.29, 1.82) is 0 Å². The van der Waals surface area contributed by atoms with E-state index < -0.39 is 0 Å². The molecule has 0 amide bonds. The fourth-order valence-corrected chi connectivity index (χ4v) is 3.45. The maximum absolute atomic E-state index is 4.47. The molecule has 0 radical (unpaired) electrons. The first-order chi connectivity index (χ1) is 11.9. The molecule has 0 bridgehead atoms. The van der Waals surface area contributed by atoms with Crippen molar-refractivity contribution in [3.05, 3.63) is 72.6 Å². The highest BCUT2D eigenvalue weighted by Crippen LogP contribution is 2.31. The molecule has 122 valence electrons. The van der Waals surface area contributed by atoms with Gasteiger partial charge in [0, 0.05) is 24.6 Å². The first-order valence-corrected chi connectivity index (χ1v) is 8.50. The fourth-order valence-electron chi connectivity index (χ4n) is 3.45. The number of para-hydroxylation sites is 1. The van der Waals surface area contributed by atoms with Crippen LogP contribution in [-0.2, 0) is 6.54 Å². The third-order valence-corrected chi connectivity index (χ3v) is 4.66. The van der Waals surface area contributed by atoms with Crippen molar-refractivity contribution in [2.24, 2.45) is 0 Å². The van der Waals surface area contributed by atoms with Gasteiger partial charge < -0.3 is 0 Å². The molecule has 1 aliphatic rings. The van der Waals surface area contributed by atoms with Crippen LogP contribution >= 0.6 is 0 Å². The van der Waals surface area contributed by atoms with Crippen LogP contribution in [0.1, 0.15) is 36.7 Å². The van der Waals surface area contributed by atoms with Gasteiger partial charge in [-0.2, -0.15) is 0 Å². The van der Waals surface area contributed by atoms with Crippen LogP contribution in [0.4, 0.5) is 0 Å². The van der Waals surface area contributed by atoms with E-state index in [1.165, 1.54) is 18.4 Å². The van der Waals surface area contributed by atoms with Crippen molar-refractivity contribution in [1.82, 2.24) is 24.6 Å². The molecule has 3 aromatic rings. The van der Waals surface area contributed by atoms with Crippen LogP contribution in [0.3, 0.4) is 0 Å². The largest absolute Gasteiger partial charge is 0.289 e. The van der Waals surface area contributed by atoms with Gasteiger partial charge in [-0.1, -0.05) is 24.6 Å². The van der Waals surface area contributed by atoms with Crippen molar-refractivity contribution >= 4 is 0 Å². The predicted molar refractivity (Wildman–Crippen MR) is 92.6 cm³/mol. The topological polar surface area (TPSA) is 46.8 Å². The summed E-state index contributed by atoms with van der Waals surface area (Å²) in [6.45, 7) is 2.02. The van der Waals surface area contributed by atoms with E-state index >= 15 is 0 Å². The maximum atomic E-state index is 4.47. The minimum Gasteiger partial charge on any atom is -0.289 e. The van der Waals surface area contributed by atoms with Gasteiger partial charge in [0.1, 0.15) is 6.33 Å². The molecule has 2 aromatic heterocycles. The van der Waals surface area contributed by atoms with E-state index in [1.54, 1.807) is 0 Å². The average molecular weight is 319 g/mol. The van der Waals surface area contributed by atoms with Crippen LogP contribution in [0, 0.1) is 0 Å². The normalized spacial score (nSPS) is 18.6. The smallest absolute Gasteiger partial charge is 0.154 e. The molecule has 24 heavy (non-hydrogen) atoms. The zero-order valence-corrected chi connectivity index (χ0v) is 13.6. The summed E-state index contributed by atoms with van der Waals surface area (Å²) in [5, 5.41) is 8.66. The van der Waals surface area contributed by atoms with E-state index in [0.29, 0.717) is 6.04 Å². The van der Waals surface area contributed by atoms with Crippen LogP contribution in [0.5, 0.6) is 0 Å². The Balaban J connectivity index is 1.63. The molecule has 3 heterocycles. The van der Waals surface area contributed by atoms with Crippen molar-refractivity contribution in [2.75, 3.05) is 6.54 Å². The summed E-state index contributed by atoms with van der Waals surface area (Å²) >= 11 is 0. The van der Waals surface area contributed by atoms with E-state index in [0.717, 1.165) is 31.0 Å². The van der Waals surface area contributed by atoms with Gasteiger partial charge in [0.05, 0.1) is 6.04 Å². The quantitative estimate of drug-likeness (QED) is 0.739. The average Bonchev–Trinajstić information content (AvgIpc) is 3.13. The van der Waals surface area contributed by atoms with Gasteiger partial charge >= 0.3 is 0 Å². The van der Waals surface area contributed by atoms with Crippen LogP contribution in [0.2, 0.25) is 0 Å². The molecule has 0 N–H and O–H groups in total. The van der Waals surface area contributed by atoms with E-state index in [2.05, 4.69) is 61.0 Å². The SMILES string of the molecule is c1ccc(-n2cnnc2[C@H]2CCCCN2Cc2ccncc2)cc1. The molecule has 0 unspecified atom stereocenters. The number of pyridine rings is 1. The Morgan fingerprint density at radius 2 is 1.83 bits per heavy atom. The fraction of sp³-hybridized carbons (Fsp3) is 0.316. The Bertz CT molecular complexity index is 769. The Hall–Kier alpha value is -2.53. The van der Waals surface area contributed by atoms with Crippen LogP contribution in [-0.4, -0.2) is 31.2 Å². The summed E-state index contributed by atoms with van der Waals surface area (Å²) in [5.41, 5.74) is 2.41. The number of aromatic nitrogens is 4. The Labute approximate surface area is 142 Å². The lowest BCUT2D eigenvalue weighted by Crippen LogP contribution is -2.34.